The zero-order chi connectivity index (χ0) is 21.3. The zero-order valence-corrected chi connectivity index (χ0v) is 18.8. The van der Waals surface area contributed by atoms with Crippen molar-refractivity contribution in [2.24, 2.45) is 11.3 Å². The lowest BCUT2D eigenvalue weighted by atomic mass is 9.79. The fourth-order valence-corrected chi connectivity index (χ4v) is 5.36. The monoisotopic (exact) mass is 414 g/mol. The van der Waals surface area contributed by atoms with E-state index in [0.29, 0.717) is 29.3 Å². The predicted molar refractivity (Wildman–Crippen MR) is 120 cm³/mol. The molecule has 0 aromatic carbocycles. The number of carbonyl (C=O) groups is 1. The molecule has 1 aromatic rings. The first-order chi connectivity index (χ1) is 14.3. The number of hydrogen-bond acceptors (Lipinski definition) is 6. The van der Waals surface area contributed by atoms with Gasteiger partial charge in [0.05, 0.1) is 5.56 Å². The Morgan fingerprint density at radius 2 is 1.87 bits per heavy atom. The number of amides is 1. The number of nitrogens with zero attached hydrogens (tertiary/aromatic N) is 3. The molecule has 0 aliphatic carbocycles. The molecule has 0 spiro atoms. The van der Waals surface area contributed by atoms with Gasteiger partial charge in [0, 0.05) is 49.8 Å². The highest BCUT2D eigenvalue weighted by molar-refractivity contribution is 5.98. The summed E-state index contributed by atoms with van der Waals surface area (Å²) < 4.78 is 0. The fourth-order valence-electron chi connectivity index (χ4n) is 5.36. The van der Waals surface area contributed by atoms with Crippen molar-refractivity contribution in [3.63, 3.8) is 0 Å². The quantitative estimate of drug-likeness (QED) is 0.700. The highest BCUT2D eigenvalue weighted by atomic mass is 16.2. The van der Waals surface area contributed by atoms with Crippen molar-refractivity contribution in [2.45, 2.75) is 58.4 Å². The molecule has 166 valence electrons. The van der Waals surface area contributed by atoms with Crippen molar-refractivity contribution >= 4 is 11.7 Å². The number of likely N-dealkylation sites (tertiary alicyclic amines) is 2. The summed E-state index contributed by atoms with van der Waals surface area (Å²) in [6.07, 6.45) is 4.36. The van der Waals surface area contributed by atoms with Crippen LogP contribution in [-0.2, 0) is 0 Å². The van der Waals surface area contributed by atoms with E-state index in [9.17, 15) is 4.79 Å². The molecule has 4 heterocycles. The summed E-state index contributed by atoms with van der Waals surface area (Å²) in [4.78, 5) is 21.8. The summed E-state index contributed by atoms with van der Waals surface area (Å²) in [6.45, 7) is 12.9. The van der Waals surface area contributed by atoms with Crippen LogP contribution in [0.5, 0.6) is 0 Å². The molecular weight excluding hydrogens is 376 g/mol. The zero-order valence-electron chi connectivity index (χ0n) is 18.8. The predicted octanol–water partition coefficient (Wildman–Crippen LogP) is 2.22. The van der Waals surface area contributed by atoms with Crippen LogP contribution in [0, 0.1) is 11.3 Å². The molecule has 1 aromatic heterocycles. The van der Waals surface area contributed by atoms with Crippen LogP contribution in [0.15, 0.2) is 12.1 Å². The van der Waals surface area contributed by atoms with E-state index < -0.39 is 0 Å². The molecule has 0 radical (unpaired) electrons. The number of hydrazine groups is 1. The summed E-state index contributed by atoms with van der Waals surface area (Å²) in [7, 11) is 0. The molecule has 2 unspecified atom stereocenters. The third kappa shape index (κ3) is 4.63. The molecule has 2 atom stereocenters. The van der Waals surface area contributed by atoms with Gasteiger partial charge in [-0.15, -0.1) is 0 Å². The van der Waals surface area contributed by atoms with Crippen molar-refractivity contribution in [3.8, 4) is 0 Å². The summed E-state index contributed by atoms with van der Waals surface area (Å²) in [5, 5.41) is 0. The minimum absolute atomic E-state index is 0.0334. The van der Waals surface area contributed by atoms with Crippen LogP contribution in [0.4, 0.5) is 5.82 Å². The van der Waals surface area contributed by atoms with Crippen LogP contribution >= 0.6 is 0 Å². The number of carbonyl (C=O) groups excluding carboxylic acids is 1. The SMILES string of the molecule is CC(C)(C)C1NNCC1CN1CCC(c2ccc(C(=O)N3CCCC3)c(N)n2)CC1. The molecule has 3 aliphatic rings. The number of pyridine rings is 1. The lowest BCUT2D eigenvalue weighted by Crippen LogP contribution is -2.46. The average molecular weight is 415 g/mol. The van der Waals surface area contributed by atoms with E-state index in [1.807, 2.05) is 17.0 Å². The summed E-state index contributed by atoms with van der Waals surface area (Å²) in [5.41, 5.74) is 14.9. The Morgan fingerprint density at radius 1 is 1.17 bits per heavy atom. The van der Waals surface area contributed by atoms with Crippen molar-refractivity contribution in [2.75, 3.05) is 45.0 Å². The van der Waals surface area contributed by atoms with E-state index in [1.165, 1.54) is 0 Å². The van der Waals surface area contributed by atoms with Gasteiger partial charge in [-0.1, -0.05) is 20.8 Å². The smallest absolute Gasteiger partial charge is 0.257 e. The van der Waals surface area contributed by atoms with Gasteiger partial charge in [-0.05, 0) is 56.3 Å². The normalized spacial score (nSPS) is 26.4. The van der Waals surface area contributed by atoms with Gasteiger partial charge in [-0.25, -0.2) is 4.98 Å². The van der Waals surface area contributed by atoms with Crippen LogP contribution in [-0.4, -0.2) is 66.0 Å². The maximum atomic E-state index is 12.6. The molecule has 3 fully saturated rings. The largest absolute Gasteiger partial charge is 0.383 e. The van der Waals surface area contributed by atoms with E-state index >= 15 is 0 Å². The third-order valence-electron chi connectivity index (χ3n) is 7.09. The Labute approximate surface area is 180 Å². The molecular formula is C23H38N6O. The first-order valence-electron chi connectivity index (χ1n) is 11.6. The number of nitrogen functional groups attached to an aromatic ring is 1. The molecule has 4 N–H and O–H groups in total. The number of nitrogens with one attached hydrogen (secondary N) is 2. The van der Waals surface area contributed by atoms with Gasteiger partial charge in [0.2, 0.25) is 0 Å². The van der Waals surface area contributed by atoms with Crippen molar-refractivity contribution in [1.29, 1.82) is 0 Å². The molecule has 4 rings (SSSR count). The summed E-state index contributed by atoms with van der Waals surface area (Å²) in [5.74, 6) is 1.48. The maximum Gasteiger partial charge on any atom is 0.257 e. The lowest BCUT2D eigenvalue weighted by Gasteiger charge is -2.37. The Balaban J connectivity index is 1.33. The number of hydrogen-bond donors (Lipinski definition) is 3. The standard InChI is InChI=1S/C23H38N6O/c1-23(2,3)20-17(14-25-27-20)15-28-12-8-16(9-13-28)19-7-6-18(21(24)26-19)22(30)29-10-4-5-11-29/h6-7,16-17,20,25,27H,4-5,8-15H2,1-3H3,(H2,24,26). The second-order valence-corrected chi connectivity index (χ2v) is 10.4. The molecule has 0 saturated carbocycles. The topological polar surface area (TPSA) is 86.5 Å². The second-order valence-electron chi connectivity index (χ2n) is 10.4. The molecule has 7 nitrogen and oxygen atoms in total. The Bertz CT molecular complexity index is 747. The minimum Gasteiger partial charge on any atom is -0.383 e. The van der Waals surface area contributed by atoms with Gasteiger partial charge in [0.25, 0.3) is 5.91 Å². The van der Waals surface area contributed by atoms with Crippen LogP contribution in [0.25, 0.3) is 0 Å². The van der Waals surface area contributed by atoms with Gasteiger partial charge < -0.3 is 15.5 Å². The first-order valence-corrected chi connectivity index (χ1v) is 11.6. The highest BCUT2D eigenvalue weighted by Crippen LogP contribution is 2.31. The number of anilines is 1. The first kappa shape index (κ1) is 21.5. The molecule has 30 heavy (non-hydrogen) atoms. The summed E-state index contributed by atoms with van der Waals surface area (Å²) >= 11 is 0. The van der Waals surface area contributed by atoms with Crippen molar-refractivity contribution in [3.05, 3.63) is 23.4 Å². The van der Waals surface area contributed by atoms with E-state index in [1.54, 1.807) is 0 Å². The lowest BCUT2D eigenvalue weighted by molar-refractivity contribution is 0.0793. The van der Waals surface area contributed by atoms with Crippen molar-refractivity contribution in [1.82, 2.24) is 25.6 Å². The van der Waals surface area contributed by atoms with Gasteiger partial charge in [0.15, 0.2) is 0 Å². The number of nitrogens with two attached hydrogens (primary N) is 1. The third-order valence-corrected chi connectivity index (χ3v) is 7.09. The maximum absolute atomic E-state index is 12.6. The van der Waals surface area contributed by atoms with Gasteiger partial charge >= 0.3 is 0 Å². The summed E-state index contributed by atoms with van der Waals surface area (Å²) in [6, 6.07) is 4.42. The van der Waals surface area contributed by atoms with Crippen LogP contribution in [0.2, 0.25) is 0 Å². The number of aromatic nitrogens is 1. The van der Waals surface area contributed by atoms with Gasteiger partial charge in [0.1, 0.15) is 5.82 Å². The average Bonchev–Trinajstić information content (AvgIpc) is 3.40. The Kier molecular flexibility index (Phi) is 6.32. The van der Waals surface area contributed by atoms with Crippen LogP contribution in [0.3, 0.4) is 0 Å². The molecule has 3 saturated heterocycles. The minimum atomic E-state index is 0.0334. The van der Waals surface area contributed by atoms with Gasteiger partial charge in [-0.3, -0.25) is 15.6 Å². The van der Waals surface area contributed by atoms with E-state index in [4.69, 9.17) is 5.73 Å². The van der Waals surface area contributed by atoms with Crippen LogP contribution < -0.4 is 16.6 Å². The molecule has 1 amide bonds. The van der Waals surface area contributed by atoms with E-state index in [-0.39, 0.29) is 11.3 Å². The van der Waals surface area contributed by atoms with E-state index in [0.717, 1.165) is 70.6 Å². The van der Waals surface area contributed by atoms with E-state index in [2.05, 4.69) is 41.5 Å². The molecule has 7 heteroatoms. The van der Waals surface area contributed by atoms with Crippen LogP contribution in [0.1, 0.15) is 68.4 Å². The second kappa shape index (κ2) is 8.81. The Hall–Kier alpha value is -1.70. The highest BCUT2D eigenvalue weighted by Gasteiger charge is 2.37. The Morgan fingerprint density at radius 3 is 2.50 bits per heavy atom. The number of piperidine rings is 1. The van der Waals surface area contributed by atoms with Crippen molar-refractivity contribution < 1.29 is 4.79 Å². The fraction of sp³-hybridized carbons (Fsp3) is 0.739. The molecule has 0 bridgehead atoms. The molecule has 3 aliphatic heterocycles. The van der Waals surface area contributed by atoms with Gasteiger partial charge in [-0.2, -0.15) is 0 Å². The number of rotatable bonds is 4.